The molecular formula is C17H19NO2. The van der Waals surface area contributed by atoms with Gasteiger partial charge in [-0.25, -0.2) is 0 Å². The Bertz CT molecular complexity index is 600. The Morgan fingerprint density at radius 3 is 2.40 bits per heavy atom. The summed E-state index contributed by atoms with van der Waals surface area (Å²) in [5, 5.41) is 2.93. The molecule has 1 N–H and O–H groups in total. The molecule has 3 heteroatoms. The third-order valence-corrected chi connectivity index (χ3v) is 3.05. The van der Waals surface area contributed by atoms with E-state index in [1.807, 2.05) is 50.2 Å². The zero-order chi connectivity index (χ0) is 14.5. The summed E-state index contributed by atoms with van der Waals surface area (Å²) in [6, 6.07) is 13.6. The maximum Gasteiger partial charge on any atom is 0.228 e. The van der Waals surface area contributed by atoms with Gasteiger partial charge in [0.05, 0.1) is 13.5 Å². The number of para-hydroxylation sites is 1. The van der Waals surface area contributed by atoms with Crippen LogP contribution in [-0.4, -0.2) is 13.0 Å². The second-order valence-electron chi connectivity index (χ2n) is 4.91. The van der Waals surface area contributed by atoms with Crippen LogP contribution in [0.4, 0.5) is 5.69 Å². The molecule has 3 nitrogen and oxygen atoms in total. The van der Waals surface area contributed by atoms with Gasteiger partial charge in [0.15, 0.2) is 0 Å². The Morgan fingerprint density at radius 2 is 1.75 bits per heavy atom. The SMILES string of the molecule is COc1ccccc1CC(=O)Nc1cc(C)cc(C)c1. The van der Waals surface area contributed by atoms with E-state index < -0.39 is 0 Å². The number of rotatable bonds is 4. The maximum atomic E-state index is 12.1. The number of carbonyl (C=O) groups excluding carboxylic acids is 1. The number of nitrogens with one attached hydrogen (secondary N) is 1. The number of benzene rings is 2. The molecule has 0 fully saturated rings. The van der Waals surface area contributed by atoms with E-state index in [9.17, 15) is 4.79 Å². The first-order valence-corrected chi connectivity index (χ1v) is 6.58. The molecule has 0 bridgehead atoms. The molecule has 0 aliphatic carbocycles. The van der Waals surface area contributed by atoms with Gasteiger partial charge in [0.2, 0.25) is 5.91 Å². The zero-order valence-corrected chi connectivity index (χ0v) is 12.1. The first-order valence-electron chi connectivity index (χ1n) is 6.58. The fourth-order valence-electron chi connectivity index (χ4n) is 2.27. The topological polar surface area (TPSA) is 38.3 Å². The van der Waals surface area contributed by atoms with Crippen LogP contribution in [0.25, 0.3) is 0 Å². The molecule has 20 heavy (non-hydrogen) atoms. The lowest BCUT2D eigenvalue weighted by atomic mass is 10.1. The van der Waals surface area contributed by atoms with Gasteiger partial charge in [0, 0.05) is 11.3 Å². The first-order chi connectivity index (χ1) is 9.58. The van der Waals surface area contributed by atoms with E-state index in [2.05, 4.69) is 11.4 Å². The van der Waals surface area contributed by atoms with Crippen LogP contribution in [0, 0.1) is 13.8 Å². The van der Waals surface area contributed by atoms with E-state index in [0.29, 0.717) is 6.42 Å². The van der Waals surface area contributed by atoms with Gasteiger partial charge in [-0.2, -0.15) is 0 Å². The Balaban J connectivity index is 2.09. The third kappa shape index (κ3) is 3.60. The second kappa shape index (κ2) is 6.24. The number of hydrogen-bond donors (Lipinski definition) is 1. The lowest BCUT2D eigenvalue weighted by Gasteiger charge is -2.10. The van der Waals surface area contributed by atoms with Gasteiger partial charge in [0.25, 0.3) is 0 Å². The van der Waals surface area contributed by atoms with Crippen molar-refractivity contribution in [3.05, 3.63) is 59.2 Å². The summed E-state index contributed by atoms with van der Waals surface area (Å²) < 4.78 is 5.25. The molecule has 0 saturated heterocycles. The van der Waals surface area contributed by atoms with E-state index in [4.69, 9.17) is 4.74 Å². The monoisotopic (exact) mass is 269 g/mol. The lowest BCUT2D eigenvalue weighted by molar-refractivity contribution is -0.115. The highest BCUT2D eigenvalue weighted by Crippen LogP contribution is 2.19. The number of carbonyl (C=O) groups is 1. The van der Waals surface area contributed by atoms with Gasteiger partial charge in [0.1, 0.15) is 5.75 Å². The second-order valence-corrected chi connectivity index (χ2v) is 4.91. The van der Waals surface area contributed by atoms with Crippen molar-refractivity contribution in [2.24, 2.45) is 0 Å². The minimum Gasteiger partial charge on any atom is -0.496 e. The van der Waals surface area contributed by atoms with Crippen LogP contribution in [0.5, 0.6) is 5.75 Å². The third-order valence-electron chi connectivity index (χ3n) is 3.05. The fourth-order valence-corrected chi connectivity index (χ4v) is 2.27. The smallest absolute Gasteiger partial charge is 0.228 e. The molecule has 2 rings (SSSR count). The average molecular weight is 269 g/mol. The van der Waals surface area contributed by atoms with Crippen molar-refractivity contribution in [1.82, 2.24) is 0 Å². The Morgan fingerprint density at radius 1 is 1.10 bits per heavy atom. The van der Waals surface area contributed by atoms with Gasteiger partial charge in [-0.05, 0) is 43.2 Å². The summed E-state index contributed by atoms with van der Waals surface area (Å²) >= 11 is 0. The summed E-state index contributed by atoms with van der Waals surface area (Å²) in [6.07, 6.45) is 0.303. The van der Waals surface area contributed by atoms with Gasteiger partial charge >= 0.3 is 0 Å². The van der Waals surface area contributed by atoms with Crippen LogP contribution < -0.4 is 10.1 Å². The summed E-state index contributed by atoms with van der Waals surface area (Å²) in [4.78, 5) is 12.1. The minimum atomic E-state index is -0.0421. The maximum absolute atomic E-state index is 12.1. The van der Waals surface area contributed by atoms with Gasteiger partial charge in [-0.15, -0.1) is 0 Å². The van der Waals surface area contributed by atoms with Crippen molar-refractivity contribution in [1.29, 1.82) is 0 Å². The van der Waals surface area contributed by atoms with E-state index in [-0.39, 0.29) is 5.91 Å². The predicted octanol–water partition coefficient (Wildman–Crippen LogP) is 3.49. The van der Waals surface area contributed by atoms with Crippen LogP contribution in [0.2, 0.25) is 0 Å². The lowest BCUT2D eigenvalue weighted by Crippen LogP contribution is -2.15. The molecule has 0 saturated carbocycles. The highest BCUT2D eigenvalue weighted by atomic mass is 16.5. The van der Waals surface area contributed by atoms with E-state index in [1.54, 1.807) is 7.11 Å². The van der Waals surface area contributed by atoms with Crippen LogP contribution in [0.3, 0.4) is 0 Å². The molecule has 0 aromatic heterocycles. The van der Waals surface area contributed by atoms with Gasteiger partial charge in [-0.1, -0.05) is 24.3 Å². The minimum absolute atomic E-state index is 0.0421. The number of hydrogen-bond acceptors (Lipinski definition) is 2. The van der Waals surface area contributed by atoms with Crippen molar-refractivity contribution >= 4 is 11.6 Å². The number of ether oxygens (including phenoxy) is 1. The normalized spacial score (nSPS) is 10.2. The molecule has 0 heterocycles. The summed E-state index contributed by atoms with van der Waals surface area (Å²) in [7, 11) is 1.61. The van der Waals surface area contributed by atoms with Crippen molar-refractivity contribution in [3.63, 3.8) is 0 Å². The van der Waals surface area contributed by atoms with Crippen LogP contribution in [-0.2, 0) is 11.2 Å². The molecule has 1 amide bonds. The molecule has 2 aromatic carbocycles. The highest BCUT2D eigenvalue weighted by Gasteiger charge is 2.08. The van der Waals surface area contributed by atoms with E-state index >= 15 is 0 Å². The summed E-state index contributed by atoms with van der Waals surface area (Å²) in [5.74, 6) is 0.697. The number of aryl methyl sites for hydroxylation is 2. The molecule has 0 atom stereocenters. The van der Waals surface area contributed by atoms with Crippen molar-refractivity contribution in [2.75, 3.05) is 12.4 Å². The average Bonchev–Trinajstić information content (AvgIpc) is 2.37. The van der Waals surface area contributed by atoms with Crippen LogP contribution >= 0.6 is 0 Å². The predicted molar refractivity (Wildman–Crippen MR) is 81.2 cm³/mol. The molecule has 0 aliphatic rings. The molecule has 0 unspecified atom stereocenters. The summed E-state index contributed by atoms with van der Waals surface area (Å²) in [5.41, 5.74) is 3.99. The molecule has 0 radical (unpaired) electrons. The van der Waals surface area contributed by atoms with E-state index in [1.165, 1.54) is 0 Å². The van der Waals surface area contributed by atoms with Crippen molar-refractivity contribution < 1.29 is 9.53 Å². The van der Waals surface area contributed by atoms with Crippen LogP contribution in [0.15, 0.2) is 42.5 Å². The molecular weight excluding hydrogens is 250 g/mol. The Kier molecular flexibility index (Phi) is 4.41. The van der Waals surface area contributed by atoms with Crippen molar-refractivity contribution in [2.45, 2.75) is 20.3 Å². The molecule has 0 spiro atoms. The van der Waals surface area contributed by atoms with Gasteiger partial charge in [-0.3, -0.25) is 4.79 Å². The standard InChI is InChI=1S/C17H19NO2/c1-12-8-13(2)10-15(9-12)18-17(19)11-14-6-4-5-7-16(14)20-3/h4-10H,11H2,1-3H3,(H,18,19). The first kappa shape index (κ1) is 14.1. The molecule has 0 aliphatic heterocycles. The van der Waals surface area contributed by atoms with Crippen molar-refractivity contribution in [3.8, 4) is 5.75 Å². The highest BCUT2D eigenvalue weighted by molar-refractivity contribution is 5.92. The quantitative estimate of drug-likeness (QED) is 0.922. The number of amides is 1. The number of methoxy groups -OCH3 is 1. The largest absolute Gasteiger partial charge is 0.496 e. The molecule has 2 aromatic rings. The van der Waals surface area contributed by atoms with Gasteiger partial charge < -0.3 is 10.1 Å². The number of anilines is 1. The van der Waals surface area contributed by atoms with Crippen LogP contribution in [0.1, 0.15) is 16.7 Å². The fraction of sp³-hybridized carbons (Fsp3) is 0.235. The van der Waals surface area contributed by atoms with E-state index in [0.717, 1.165) is 28.1 Å². The summed E-state index contributed by atoms with van der Waals surface area (Å²) in [6.45, 7) is 4.03. The Labute approximate surface area is 119 Å². The zero-order valence-electron chi connectivity index (χ0n) is 12.1. The Hall–Kier alpha value is -2.29. The molecule has 104 valence electrons.